The molecule has 7 heteroatoms. The van der Waals surface area contributed by atoms with Gasteiger partial charge in [-0.15, -0.1) is 0 Å². The van der Waals surface area contributed by atoms with Crippen molar-refractivity contribution in [2.75, 3.05) is 33.0 Å². The summed E-state index contributed by atoms with van der Waals surface area (Å²) in [5.74, 6) is -0.839. The number of nitrogens with zero attached hydrogens (tertiary/aromatic N) is 1. The molecule has 0 aromatic heterocycles. The van der Waals surface area contributed by atoms with Gasteiger partial charge in [0.05, 0.1) is 0 Å². The van der Waals surface area contributed by atoms with Gasteiger partial charge in [-0.05, 0) is 24.6 Å². The van der Waals surface area contributed by atoms with E-state index in [1.54, 1.807) is 0 Å². The smallest absolute Gasteiger partial charge is 0.245 e. The standard InChI is InChI=1S/C11H17FN2O3S/c1-14(6-3-7-17-2)18(15,16)11-5-4-9(13)8-10(11)12/h4-5,8H,3,6-7,13H2,1-2H3. The van der Waals surface area contributed by atoms with Gasteiger partial charge in [-0.1, -0.05) is 0 Å². The van der Waals surface area contributed by atoms with Crippen LogP contribution >= 0.6 is 0 Å². The van der Waals surface area contributed by atoms with Crippen LogP contribution in [0.5, 0.6) is 0 Å². The zero-order chi connectivity index (χ0) is 13.8. The Balaban J connectivity index is 2.91. The number of nitrogen functional groups attached to an aromatic ring is 1. The lowest BCUT2D eigenvalue weighted by atomic mass is 10.3. The molecule has 5 nitrogen and oxygen atoms in total. The van der Waals surface area contributed by atoms with Crippen molar-refractivity contribution in [2.24, 2.45) is 0 Å². The molecule has 1 aromatic carbocycles. The molecular weight excluding hydrogens is 259 g/mol. The van der Waals surface area contributed by atoms with E-state index in [-0.39, 0.29) is 17.1 Å². The van der Waals surface area contributed by atoms with E-state index in [4.69, 9.17) is 10.5 Å². The second kappa shape index (κ2) is 6.12. The maximum atomic E-state index is 13.6. The first-order chi connectivity index (χ1) is 8.39. The number of halogens is 1. The minimum atomic E-state index is -3.82. The lowest BCUT2D eigenvalue weighted by Gasteiger charge is -2.17. The average molecular weight is 276 g/mol. The van der Waals surface area contributed by atoms with Gasteiger partial charge in [0.25, 0.3) is 0 Å². The third kappa shape index (κ3) is 3.41. The molecule has 0 unspecified atom stereocenters. The molecule has 1 aromatic rings. The lowest BCUT2D eigenvalue weighted by molar-refractivity contribution is 0.189. The van der Waals surface area contributed by atoms with Gasteiger partial charge in [0.2, 0.25) is 10.0 Å². The number of ether oxygens (including phenoxy) is 1. The summed E-state index contributed by atoms with van der Waals surface area (Å²) in [6, 6.07) is 3.53. The Bertz CT molecular complexity index is 505. The van der Waals surface area contributed by atoms with E-state index in [1.807, 2.05) is 0 Å². The maximum absolute atomic E-state index is 13.6. The summed E-state index contributed by atoms with van der Waals surface area (Å²) in [5.41, 5.74) is 5.57. The highest BCUT2D eigenvalue weighted by Gasteiger charge is 2.23. The highest BCUT2D eigenvalue weighted by atomic mass is 32.2. The fourth-order valence-corrected chi connectivity index (χ4v) is 2.70. The zero-order valence-corrected chi connectivity index (χ0v) is 11.2. The van der Waals surface area contributed by atoms with E-state index < -0.39 is 15.8 Å². The minimum absolute atomic E-state index is 0.188. The van der Waals surface area contributed by atoms with Gasteiger partial charge in [0.1, 0.15) is 10.7 Å². The van der Waals surface area contributed by atoms with Crippen molar-refractivity contribution in [1.29, 1.82) is 0 Å². The van der Waals surface area contributed by atoms with E-state index in [0.29, 0.717) is 13.0 Å². The summed E-state index contributed by atoms with van der Waals surface area (Å²) >= 11 is 0. The number of nitrogens with two attached hydrogens (primary N) is 1. The molecule has 0 saturated carbocycles. The molecule has 2 N–H and O–H groups in total. The summed E-state index contributed by atoms with van der Waals surface area (Å²) in [5, 5.41) is 0. The van der Waals surface area contributed by atoms with Crippen LogP contribution in [0.1, 0.15) is 6.42 Å². The van der Waals surface area contributed by atoms with Crippen LogP contribution in [0.15, 0.2) is 23.1 Å². The van der Waals surface area contributed by atoms with Crippen LogP contribution in [0, 0.1) is 5.82 Å². The summed E-state index contributed by atoms with van der Waals surface area (Å²) in [6.45, 7) is 0.712. The fraction of sp³-hybridized carbons (Fsp3) is 0.455. The van der Waals surface area contributed by atoms with Gasteiger partial charge in [-0.2, -0.15) is 0 Å². The van der Waals surface area contributed by atoms with Crippen LogP contribution in [-0.4, -0.2) is 40.0 Å². The number of sulfonamides is 1. The molecule has 0 aliphatic rings. The molecule has 102 valence electrons. The third-order valence-electron chi connectivity index (χ3n) is 2.47. The lowest BCUT2D eigenvalue weighted by Crippen LogP contribution is -2.29. The van der Waals surface area contributed by atoms with Crippen molar-refractivity contribution in [3.8, 4) is 0 Å². The molecule has 0 spiro atoms. The van der Waals surface area contributed by atoms with Crippen molar-refractivity contribution < 1.29 is 17.5 Å². The van der Waals surface area contributed by atoms with E-state index in [2.05, 4.69) is 0 Å². The Morgan fingerprint density at radius 3 is 2.67 bits per heavy atom. The number of methoxy groups -OCH3 is 1. The highest BCUT2D eigenvalue weighted by molar-refractivity contribution is 7.89. The van der Waals surface area contributed by atoms with E-state index in [1.165, 1.54) is 26.3 Å². The fourth-order valence-electron chi connectivity index (χ4n) is 1.45. The molecule has 0 bridgehead atoms. The summed E-state index contributed by atoms with van der Waals surface area (Å²) in [4.78, 5) is -0.364. The molecule has 1 rings (SSSR count). The zero-order valence-electron chi connectivity index (χ0n) is 10.4. The Morgan fingerprint density at radius 1 is 1.44 bits per heavy atom. The molecule has 0 radical (unpaired) electrons. The van der Waals surface area contributed by atoms with Crippen molar-refractivity contribution in [3.63, 3.8) is 0 Å². The van der Waals surface area contributed by atoms with Crippen molar-refractivity contribution in [1.82, 2.24) is 4.31 Å². The minimum Gasteiger partial charge on any atom is -0.399 e. The first-order valence-corrected chi connectivity index (χ1v) is 6.84. The number of benzene rings is 1. The van der Waals surface area contributed by atoms with Crippen LogP contribution in [0.4, 0.5) is 10.1 Å². The summed E-state index contributed by atoms with van der Waals surface area (Å²) < 4.78 is 43.6. The second-order valence-corrected chi connectivity index (χ2v) is 5.88. The number of anilines is 1. The van der Waals surface area contributed by atoms with Gasteiger partial charge in [0, 0.05) is 33.0 Å². The molecule has 0 fully saturated rings. The maximum Gasteiger partial charge on any atom is 0.245 e. The first kappa shape index (κ1) is 14.9. The Morgan fingerprint density at radius 2 is 2.11 bits per heavy atom. The molecule has 0 atom stereocenters. The Labute approximate surface area is 106 Å². The monoisotopic (exact) mass is 276 g/mol. The molecule has 18 heavy (non-hydrogen) atoms. The summed E-state index contributed by atoms with van der Waals surface area (Å²) in [6.07, 6.45) is 0.544. The summed E-state index contributed by atoms with van der Waals surface area (Å²) in [7, 11) is -0.880. The quantitative estimate of drug-likeness (QED) is 0.623. The van der Waals surface area contributed by atoms with Gasteiger partial charge >= 0.3 is 0 Å². The van der Waals surface area contributed by atoms with Crippen LogP contribution in [-0.2, 0) is 14.8 Å². The Hall–Kier alpha value is -1.18. The number of rotatable bonds is 6. The SMILES string of the molecule is COCCCN(C)S(=O)(=O)c1ccc(N)cc1F. The largest absolute Gasteiger partial charge is 0.399 e. The molecule has 0 saturated heterocycles. The van der Waals surface area contributed by atoms with E-state index in [9.17, 15) is 12.8 Å². The van der Waals surface area contributed by atoms with Gasteiger partial charge in [-0.25, -0.2) is 17.1 Å². The van der Waals surface area contributed by atoms with Gasteiger partial charge in [0.15, 0.2) is 0 Å². The van der Waals surface area contributed by atoms with Gasteiger partial charge < -0.3 is 10.5 Å². The van der Waals surface area contributed by atoms with Crippen LogP contribution < -0.4 is 5.73 Å². The van der Waals surface area contributed by atoms with Gasteiger partial charge in [-0.3, -0.25) is 0 Å². The first-order valence-electron chi connectivity index (χ1n) is 5.40. The van der Waals surface area contributed by atoms with E-state index >= 15 is 0 Å². The average Bonchev–Trinajstić information content (AvgIpc) is 2.28. The van der Waals surface area contributed by atoms with Crippen LogP contribution in [0.25, 0.3) is 0 Å². The number of hydrogen-bond acceptors (Lipinski definition) is 4. The molecule has 0 heterocycles. The van der Waals surface area contributed by atoms with Crippen molar-refractivity contribution in [3.05, 3.63) is 24.0 Å². The van der Waals surface area contributed by atoms with Crippen LogP contribution in [0.3, 0.4) is 0 Å². The molecule has 0 aliphatic carbocycles. The number of hydrogen-bond donors (Lipinski definition) is 1. The predicted octanol–water partition coefficient (Wildman–Crippen LogP) is 1.06. The molecule has 0 amide bonds. The highest BCUT2D eigenvalue weighted by Crippen LogP contribution is 2.20. The third-order valence-corrected chi connectivity index (χ3v) is 4.36. The second-order valence-electron chi connectivity index (χ2n) is 3.86. The molecule has 0 aliphatic heterocycles. The van der Waals surface area contributed by atoms with Crippen molar-refractivity contribution in [2.45, 2.75) is 11.3 Å². The van der Waals surface area contributed by atoms with Crippen LogP contribution in [0.2, 0.25) is 0 Å². The van der Waals surface area contributed by atoms with E-state index in [0.717, 1.165) is 10.4 Å². The normalized spacial score (nSPS) is 12.0. The molecular formula is C11H17FN2O3S. The van der Waals surface area contributed by atoms with Crippen molar-refractivity contribution >= 4 is 15.7 Å². The topological polar surface area (TPSA) is 72.6 Å². The predicted molar refractivity (Wildman–Crippen MR) is 67.1 cm³/mol. The Kier molecular flexibility index (Phi) is 5.06.